The molecule has 0 saturated heterocycles. The largest absolute Gasteiger partial charge is 0.341 e. The third-order valence-electron chi connectivity index (χ3n) is 8.82. The van der Waals surface area contributed by atoms with E-state index in [4.69, 9.17) is 6.57 Å². The van der Waals surface area contributed by atoms with Crippen molar-refractivity contribution in [3.8, 4) is 30.3 Å². The molecule has 0 saturated carbocycles. The van der Waals surface area contributed by atoms with Crippen LogP contribution in [-0.4, -0.2) is 35.9 Å². The third-order valence-corrected chi connectivity index (χ3v) is 10.0. The van der Waals surface area contributed by atoms with E-state index in [0.29, 0.717) is 30.5 Å². The topological polar surface area (TPSA) is 219 Å². The van der Waals surface area contributed by atoms with Crippen LogP contribution in [0.25, 0.3) is 16.0 Å². The molecule has 13 nitrogen and oxygen atoms in total. The fraction of sp³-hybridized carbons (Fsp3) is 0.156. The van der Waals surface area contributed by atoms with Gasteiger partial charge in [-0.1, -0.05) is 66.8 Å². The van der Waals surface area contributed by atoms with Gasteiger partial charge in [0.15, 0.2) is 5.92 Å². The van der Waals surface area contributed by atoms with Crippen molar-refractivity contribution < 1.29 is 16.8 Å². The second kappa shape index (κ2) is 20.5. The van der Waals surface area contributed by atoms with Crippen LogP contribution in [0.5, 0.6) is 0 Å². The summed E-state index contributed by atoms with van der Waals surface area (Å²) in [5.74, 6) is -1.30. The summed E-state index contributed by atoms with van der Waals surface area (Å²) in [4.78, 5) is 5.48. The first kappa shape index (κ1) is 44.8. The van der Waals surface area contributed by atoms with Crippen LogP contribution in [0.2, 0.25) is 0 Å². The number of para-hydroxylation sites is 1. The van der Waals surface area contributed by atoms with Gasteiger partial charge in [0.1, 0.15) is 0 Å². The number of allylic oxidation sites excluding steroid dienone is 13. The van der Waals surface area contributed by atoms with Gasteiger partial charge in [0, 0.05) is 40.5 Å². The van der Waals surface area contributed by atoms with Gasteiger partial charge in [0.05, 0.1) is 60.6 Å². The summed E-state index contributed by atoms with van der Waals surface area (Å²) in [5, 5.41) is 50.0. The highest BCUT2D eigenvalue weighted by atomic mass is 32.2. The summed E-state index contributed by atoms with van der Waals surface area (Å²) in [6.45, 7) is 10.2. The maximum atomic E-state index is 11.7. The fourth-order valence-electron chi connectivity index (χ4n) is 6.39. The monoisotopic (exact) mass is 831 g/mol. The Hall–Kier alpha value is -7.92. The molecule has 0 unspecified atom stereocenters. The minimum Gasteiger partial charge on any atom is -0.341 e. The Morgan fingerprint density at radius 3 is 1.87 bits per heavy atom. The molecule has 0 amide bonds. The van der Waals surface area contributed by atoms with Gasteiger partial charge in [-0.05, 0) is 90.6 Å². The van der Waals surface area contributed by atoms with Gasteiger partial charge in [0.25, 0.3) is 5.70 Å². The fourth-order valence-corrected chi connectivity index (χ4v) is 7.52. The molecular weight excluding hydrogens is 795 g/mol. The predicted octanol–water partition coefficient (Wildman–Crippen LogP) is 8.29. The lowest BCUT2D eigenvalue weighted by Gasteiger charge is -2.27. The second-order valence-corrected chi connectivity index (χ2v) is 16.5. The minimum absolute atomic E-state index is 0.0397. The molecule has 2 N–H and O–H groups in total. The molecule has 3 aromatic rings. The molecule has 4 rings (SSSR count). The zero-order chi connectivity index (χ0) is 43.9. The van der Waals surface area contributed by atoms with E-state index in [-0.39, 0.29) is 39.4 Å². The second-order valence-electron chi connectivity index (χ2n) is 13.0. The first-order valence-electron chi connectivity index (χ1n) is 18.0. The Labute approximate surface area is 351 Å². The van der Waals surface area contributed by atoms with Gasteiger partial charge in [-0.3, -0.25) is 9.44 Å². The van der Waals surface area contributed by atoms with Gasteiger partial charge < -0.3 is 4.90 Å². The molecule has 60 heavy (non-hydrogen) atoms. The van der Waals surface area contributed by atoms with Crippen LogP contribution in [0.3, 0.4) is 0 Å². The molecule has 0 heterocycles. The summed E-state index contributed by atoms with van der Waals surface area (Å²) in [6.07, 6.45) is 13.3. The van der Waals surface area contributed by atoms with Crippen LogP contribution in [0, 0.1) is 69.1 Å². The van der Waals surface area contributed by atoms with Crippen LogP contribution in [0.4, 0.5) is 17.1 Å². The first-order valence-corrected chi connectivity index (χ1v) is 21.8. The molecule has 298 valence electrons. The van der Waals surface area contributed by atoms with Crippen molar-refractivity contribution in [3.63, 3.8) is 0 Å². The Bertz CT molecular complexity index is 2820. The third kappa shape index (κ3) is 11.8. The number of benzene rings is 3. The highest BCUT2D eigenvalue weighted by Gasteiger charge is 2.24. The van der Waals surface area contributed by atoms with Crippen LogP contribution >= 0.6 is 0 Å². The van der Waals surface area contributed by atoms with Crippen molar-refractivity contribution >= 4 is 48.3 Å². The number of anilines is 3. The van der Waals surface area contributed by atoms with Crippen molar-refractivity contribution in [2.24, 2.45) is 5.92 Å². The molecule has 0 aromatic heterocycles. The maximum Gasteiger partial charge on any atom is 0.270 e. The number of rotatable bonds is 15. The number of likely N-dealkylation sites (N-methyl/N-ethyl adjacent to an activating group) is 1. The highest BCUT2D eigenvalue weighted by molar-refractivity contribution is 7.92. The van der Waals surface area contributed by atoms with E-state index in [1.165, 1.54) is 60.7 Å². The van der Waals surface area contributed by atoms with Crippen molar-refractivity contribution in [3.05, 3.63) is 172 Å². The minimum atomic E-state index is -3.55. The van der Waals surface area contributed by atoms with Gasteiger partial charge in [-0.2, -0.15) is 21.0 Å². The summed E-state index contributed by atoms with van der Waals surface area (Å²) >= 11 is 0. The molecule has 0 bridgehead atoms. The lowest BCUT2D eigenvalue weighted by molar-refractivity contribution is 0.605. The van der Waals surface area contributed by atoms with Gasteiger partial charge >= 0.3 is 0 Å². The summed E-state index contributed by atoms with van der Waals surface area (Å²) in [7, 11) is -7.10. The van der Waals surface area contributed by atoms with E-state index in [1.807, 2.05) is 67.6 Å². The first-order chi connectivity index (χ1) is 28.7. The quantitative estimate of drug-likeness (QED) is 0.0848. The Morgan fingerprint density at radius 1 is 0.800 bits per heavy atom. The van der Waals surface area contributed by atoms with Crippen LogP contribution in [0.1, 0.15) is 30.9 Å². The van der Waals surface area contributed by atoms with E-state index in [1.54, 1.807) is 12.2 Å². The molecular formula is C45H37N9O4S2. The summed E-state index contributed by atoms with van der Waals surface area (Å²) in [5.41, 5.74) is 4.98. The number of nitriles is 5. The van der Waals surface area contributed by atoms with E-state index in [0.717, 1.165) is 35.0 Å². The smallest absolute Gasteiger partial charge is 0.270 e. The number of nitrogens with zero attached hydrogens (tertiary/aromatic N) is 7. The highest BCUT2D eigenvalue weighted by Crippen LogP contribution is 2.38. The Morgan fingerprint density at radius 2 is 1.38 bits per heavy atom. The van der Waals surface area contributed by atoms with E-state index in [2.05, 4.69) is 31.3 Å². The molecule has 0 spiro atoms. The van der Waals surface area contributed by atoms with Crippen molar-refractivity contribution in [1.29, 1.82) is 26.3 Å². The average molecular weight is 832 g/mol. The zero-order valence-corrected chi connectivity index (χ0v) is 34.4. The average Bonchev–Trinajstić information content (AvgIpc) is 3.61. The maximum absolute atomic E-state index is 11.7. The lowest BCUT2D eigenvalue weighted by Crippen LogP contribution is -2.22. The van der Waals surface area contributed by atoms with Crippen molar-refractivity contribution in [2.45, 2.75) is 19.8 Å². The molecule has 1 aliphatic carbocycles. The van der Waals surface area contributed by atoms with E-state index >= 15 is 0 Å². The molecule has 0 atom stereocenters. The number of hydrogen-bond donors (Lipinski definition) is 2. The Kier molecular flexibility index (Phi) is 15.3. The van der Waals surface area contributed by atoms with E-state index in [9.17, 15) is 43.1 Å². The summed E-state index contributed by atoms with van der Waals surface area (Å²) in [6, 6.07) is 31.7. The standard InChI is InChI=1S/C45H37N9O4S2/c1-5-54(41-15-7-6-8-16-41)45-34(11-9-13-36(27-46)43(38(29-48)30-49)32-19-23-39(24-20-32)52-59(3,55)56)17-18-35(45)12-10-14-37(28-47)44(42(31-50)51-2)33-21-25-40(26-22-33)53-60(4,57)58/h6-16,19-26,38,52-53H,5,17-18H2,1,3-4H3. The SMILES string of the molecule is [C-]#[N+]C(C#N)=C(C(C#N)=CC=CC1=C(N(CC)c2ccccc2)C(=CC=CC(C#N)=C(c2ccc(NS(C)(=O)=O)cc2)C(C#N)C#N)CC1)c1ccc(NS(C)(=O)=O)cc1. The Balaban J connectivity index is 1.82. The van der Waals surface area contributed by atoms with E-state index < -0.39 is 26.0 Å². The molecule has 0 radical (unpaired) electrons. The lowest BCUT2D eigenvalue weighted by atomic mass is 9.90. The number of hydrogen-bond acceptors (Lipinski definition) is 10. The van der Waals surface area contributed by atoms with Gasteiger partial charge in [-0.15, -0.1) is 0 Å². The zero-order valence-electron chi connectivity index (χ0n) is 32.7. The van der Waals surface area contributed by atoms with Gasteiger partial charge in [0.2, 0.25) is 20.0 Å². The van der Waals surface area contributed by atoms with Crippen LogP contribution in [0.15, 0.2) is 149 Å². The molecule has 0 fully saturated rings. The number of sulfonamides is 2. The molecule has 1 aliphatic rings. The predicted molar refractivity (Wildman–Crippen MR) is 232 cm³/mol. The normalized spacial score (nSPS) is 14.6. The molecule has 15 heteroatoms. The molecule has 3 aromatic carbocycles. The molecule has 0 aliphatic heterocycles. The van der Waals surface area contributed by atoms with Crippen molar-refractivity contribution in [1.82, 2.24) is 0 Å². The van der Waals surface area contributed by atoms with Gasteiger partial charge in [-0.25, -0.2) is 26.9 Å². The van der Waals surface area contributed by atoms with Crippen LogP contribution < -0.4 is 14.3 Å². The number of nitrogens with one attached hydrogen (secondary N) is 2. The van der Waals surface area contributed by atoms with Crippen LogP contribution in [-0.2, 0) is 20.0 Å². The van der Waals surface area contributed by atoms with Crippen molar-refractivity contribution in [2.75, 3.05) is 33.4 Å². The summed E-state index contributed by atoms with van der Waals surface area (Å²) < 4.78 is 51.6.